The highest BCUT2D eigenvalue weighted by molar-refractivity contribution is 6.04. The molecule has 3 aromatic heterocycles. The average molecular weight is 458 g/mol. The molecule has 1 aliphatic rings. The van der Waals surface area contributed by atoms with Gasteiger partial charge in [0, 0.05) is 58.9 Å². The number of rotatable bonds is 4. The van der Waals surface area contributed by atoms with Gasteiger partial charge in [-0.1, -0.05) is 27.7 Å². The van der Waals surface area contributed by atoms with Gasteiger partial charge in [0.1, 0.15) is 5.82 Å². The van der Waals surface area contributed by atoms with Crippen molar-refractivity contribution in [3.63, 3.8) is 0 Å². The lowest BCUT2D eigenvalue weighted by molar-refractivity contribution is -0.119. The number of amides is 2. The number of hydrogen-bond donors (Lipinski definition) is 1. The van der Waals surface area contributed by atoms with Crippen LogP contribution in [0.4, 0.5) is 11.5 Å². The van der Waals surface area contributed by atoms with Crippen molar-refractivity contribution in [1.82, 2.24) is 15.0 Å². The molecule has 1 atom stereocenters. The second-order valence-electron chi connectivity index (χ2n) is 9.87. The summed E-state index contributed by atoms with van der Waals surface area (Å²) in [6.07, 6.45) is 5.58. The third kappa shape index (κ3) is 4.55. The lowest BCUT2D eigenvalue weighted by Crippen LogP contribution is -2.36. The summed E-state index contributed by atoms with van der Waals surface area (Å²) < 4.78 is 0. The highest BCUT2D eigenvalue weighted by atomic mass is 16.2. The summed E-state index contributed by atoms with van der Waals surface area (Å²) in [5.41, 5.74) is 5.57. The SMILES string of the molecule is CCN1C(=O)CC(C)c2cc(-c3cc(NC(=O)c4ccnc(C(C)(C)C)c4)cnc3C)cnc21. The Morgan fingerprint density at radius 3 is 2.62 bits per heavy atom. The molecule has 0 aliphatic carbocycles. The molecular formula is C27H31N5O2. The van der Waals surface area contributed by atoms with E-state index in [0.29, 0.717) is 24.2 Å². The van der Waals surface area contributed by atoms with Crippen molar-refractivity contribution >= 4 is 23.3 Å². The number of nitrogens with zero attached hydrogens (tertiary/aromatic N) is 4. The minimum Gasteiger partial charge on any atom is -0.321 e. The number of nitrogens with one attached hydrogen (secondary N) is 1. The van der Waals surface area contributed by atoms with E-state index in [1.54, 1.807) is 29.6 Å². The molecule has 0 spiro atoms. The summed E-state index contributed by atoms with van der Waals surface area (Å²) >= 11 is 0. The second kappa shape index (κ2) is 8.97. The van der Waals surface area contributed by atoms with Gasteiger partial charge in [-0.25, -0.2) is 4.98 Å². The van der Waals surface area contributed by atoms with E-state index < -0.39 is 0 Å². The molecule has 7 nitrogen and oxygen atoms in total. The van der Waals surface area contributed by atoms with E-state index in [1.807, 2.05) is 26.0 Å². The molecule has 2 amide bonds. The van der Waals surface area contributed by atoms with Crippen molar-refractivity contribution in [3.05, 3.63) is 65.4 Å². The monoisotopic (exact) mass is 457 g/mol. The molecule has 1 N–H and O–H groups in total. The van der Waals surface area contributed by atoms with Gasteiger partial charge in [0.05, 0.1) is 11.9 Å². The zero-order valence-electron chi connectivity index (χ0n) is 20.6. The van der Waals surface area contributed by atoms with Gasteiger partial charge in [-0.3, -0.25) is 24.5 Å². The van der Waals surface area contributed by atoms with Crippen LogP contribution in [0.3, 0.4) is 0 Å². The van der Waals surface area contributed by atoms with Crippen molar-refractivity contribution in [1.29, 1.82) is 0 Å². The maximum Gasteiger partial charge on any atom is 0.255 e. The van der Waals surface area contributed by atoms with Crippen molar-refractivity contribution in [3.8, 4) is 11.1 Å². The summed E-state index contributed by atoms with van der Waals surface area (Å²) in [5.74, 6) is 0.727. The van der Waals surface area contributed by atoms with Gasteiger partial charge >= 0.3 is 0 Å². The highest BCUT2D eigenvalue weighted by Crippen LogP contribution is 2.37. The van der Waals surface area contributed by atoms with E-state index in [-0.39, 0.29) is 23.1 Å². The predicted octanol–water partition coefficient (Wildman–Crippen LogP) is 5.26. The Morgan fingerprint density at radius 1 is 1.15 bits per heavy atom. The molecule has 0 saturated heterocycles. The molecule has 4 rings (SSSR count). The van der Waals surface area contributed by atoms with Crippen LogP contribution in [0.1, 0.15) is 74.3 Å². The first-order chi connectivity index (χ1) is 16.1. The molecule has 1 unspecified atom stereocenters. The Kier molecular flexibility index (Phi) is 6.21. The van der Waals surface area contributed by atoms with Crippen LogP contribution < -0.4 is 10.2 Å². The fourth-order valence-electron chi connectivity index (χ4n) is 4.22. The third-order valence-corrected chi connectivity index (χ3v) is 6.23. The minimum absolute atomic E-state index is 0.0950. The summed E-state index contributed by atoms with van der Waals surface area (Å²) in [6.45, 7) is 12.7. The molecule has 34 heavy (non-hydrogen) atoms. The van der Waals surface area contributed by atoms with Crippen LogP contribution in [0.5, 0.6) is 0 Å². The summed E-state index contributed by atoms with van der Waals surface area (Å²) in [6, 6.07) is 7.55. The Hall–Kier alpha value is -3.61. The van der Waals surface area contributed by atoms with Crippen molar-refractivity contribution in [2.75, 3.05) is 16.8 Å². The van der Waals surface area contributed by atoms with Gasteiger partial charge < -0.3 is 5.32 Å². The van der Waals surface area contributed by atoms with Crippen LogP contribution in [0, 0.1) is 6.92 Å². The number of carbonyl (C=O) groups excluding carboxylic acids is 2. The van der Waals surface area contributed by atoms with Gasteiger partial charge in [0.2, 0.25) is 5.91 Å². The minimum atomic E-state index is -0.209. The van der Waals surface area contributed by atoms with Gasteiger partial charge in [-0.15, -0.1) is 0 Å². The molecule has 0 bridgehead atoms. The molecule has 3 aromatic rings. The van der Waals surface area contributed by atoms with Crippen molar-refractivity contribution in [2.24, 2.45) is 0 Å². The predicted molar refractivity (Wildman–Crippen MR) is 134 cm³/mol. The zero-order valence-corrected chi connectivity index (χ0v) is 20.6. The molecule has 0 saturated carbocycles. The average Bonchev–Trinajstić information content (AvgIpc) is 2.80. The summed E-state index contributed by atoms with van der Waals surface area (Å²) in [5, 5.41) is 2.96. The number of carbonyl (C=O) groups is 2. The third-order valence-electron chi connectivity index (χ3n) is 6.23. The van der Waals surface area contributed by atoms with E-state index >= 15 is 0 Å². The lowest BCUT2D eigenvalue weighted by atomic mass is 9.91. The Bertz CT molecular complexity index is 1260. The first-order valence-electron chi connectivity index (χ1n) is 11.6. The molecule has 0 radical (unpaired) electrons. The van der Waals surface area contributed by atoms with E-state index in [1.165, 1.54) is 0 Å². The zero-order chi connectivity index (χ0) is 24.6. The van der Waals surface area contributed by atoms with E-state index in [2.05, 4.69) is 54.0 Å². The number of aryl methyl sites for hydroxylation is 1. The van der Waals surface area contributed by atoms with Crippen LogP contribution in [-0.2, 0) is 10.2 Å². The van der Waals surface area contributed by atoms with Gasteiger partial charge in [0.25, 0.3) is 5.91 Å². The molecule has 0 aromatic carbocycles. The maximum absolute atomic E-state index is 12.9. The second-order valence-corrected chi connectivity index (χ2v) is 9.87. The summed E-state index contributed by atoms with van der Waals surface area (Å²) in [4.78, 5) is 40.6. The molecule has 7 heteroatoms. The van der Waals surface area contributed by atoms with Gasteiger partial charge in [0.15, 0.2) is 0 Å². The first kappa shape index (κ1) is 23.5. The quantitative estimate of drug-likeness (QED) is 0.578. The number of anilines is 2. The number of aromatic nitrogens is 3. The fourth-order valence-corrected chi connectivity index (χ4v) is 4.22. The van der Waals surface area contributed by atoms with Gasteiger partial charge in [-0.2, -0.15) is 0 Å². The molecule has 4 heterocycles. The topological polar surface area (TPSA) is 88.1 Å². The summed E-state index contributed by atoms with van der Waals surface area (Å²) in [7, 11) is 0. The van der Waals surface area contributed by atoms with Crippen molar-refractivity contribution < 1.29 is 9.59 Å². The highest BCUT2D eigenvalue weighted by Gasteiger charge is 2.29. The normalized spacial score (nSPS) is 15.8. The first-order valence-corrected chi connectivity index (χ1v) is 11.6. The molecule has 0 fully saturated rings. The fraction of sp³-hybridized carbons (Fsp3) is 0.370. The standard InChI is InChI=1S/C27H31N5O2/c1-7-32-24(33)10-16(2)21-11-19(14-30-25(21)32)22-13-20(15-29-17(22)3)31-26(34)18-8-9-28-23(12-18)27(4,5)6/h8-9,11-16H,7,10H2,1-6H3,(H,31,34). The van der Waals surface area contributed by atoms with E-state index in [4.69, 9.17) is 0 Å². The number of fused-ring (bicyclic) bond motifs is 1. The lowest BCUT2D eigenvalue weighted by Gasteiger charge is -2.31. The maximum atomic E-state index is 12.9. The molecular weight excluding hydrogens is 426 g/mol. The smallest absolute Gasteiger partial charge is 0.255 e. The molecule has 1 aliphatic heterocycles. The van der Waals surface area contributed by atoms with E-state index in [0.717, 1.165) is 33.9 Å². The van der Waals surface area contributed by atoms with Gasteiger partial charge in [-0.05, 0) is 49.6 Å². The number of hydrogen-bond acceptors (Lipinski definition) is 5. The van der Waals surface area contributed by atoms with Crippen LogP contribution in [0.15, 0.2) is 42.9 Å². The molecule has 176 valence electrons. The van der Waals surface area contributed by atoms with E-state index in [9.17, 15) is 9.59 Å². The number of pyridine rings is 3. The Labute approximate surface area is 200 Å². The largest absolute Gasteiger partial charge is 0.321 e. The van der Waals surface area contributed by atoms with Crippen LogP contribution in [0.2, 0.25) is 0 Å². The van der Waals surface area contributed by atoms with Crippen LogP contribution in [0.25, 0.3) is 11.1 Å². The van der Waals surface area contributed by atoms with Crippen molar-refractivity contribution in [2.45, 2.75) is 59.3 Å². The Balaban J connectivity index is 1.64. The van der Waals surface area contributed by atoms with Crippen LogP contribution >= 0.6 is 0 Å². The Morgan fingerprint density at radius 2 is 1.91 bits per heavy atom. The van der Waals surface area contributed by atoms with Crippen LogP contribution in [-0.4, -0.2) is 33.3 Å².